The van der Waals surface area contributed by atoms with Crippen LogP contribution in [0, 0.1) is 0 Å². The van der Waals surface area contributed by atoms with Gasteiger partial charge in [-0.25, -0.2) is 4.98 Å². The molecule has 0 aromatic carbocycles. The Kier molecular flexibility index (Phi) is 3.30. The van der Waals surface area contributed by atoms with Crippen molar-refractivity contribution in [1.82, 2.24) is 4.98 Å². The molecule has 1 fully saturated rings. The van der Waals surface area contributed by atoms with E-state index in [2.05, 4.69) is 11.9 Å². The first-order valence-corrected chi connectivity index (χ1v) is 6.28. The number of ether oxygens (including phenoxy) is 2. The molecule has 0 radical (unpaired) electrons. The van der Waals surface area contributed by atoms with E-state index in [4.69, 9.17) is 9.47 Å². The molecule has 1 aliphatic rings. The normalized spacial score (nSPS) is 28.5. The monoisotopic (exact) mass is 243 g/mol. The lowest BCUT2D eigenvalue weighted by Crippen LogP contribution is -2.23. The maximum Gasteiger partial charge on any atom is 0.164 e. The zero-order valence-electron chi connectivity index (χ0n) is 9.77. The molecule has 1 saturated heterocycles. The summed E-state index contributed by atoms with van der Waals surface area (Å²) in [5, 5.41) is 10.4. The Labute approximate surface area is 99.2 Å². The van der Waals surface area contributed by atoms with Crippen molar-refractivity contribution in [3.63, 3.8) is 0 Å². The van der Waals surface area contributed by atoms with Gasteiger partial charge in [-0.15, -0.1) is 11.3 Å². The maximum atomic E-state index is 9.27. The van der Waals surface area contributed by atoms with Crippen LogP contribution in [0.5, 0.6) is 0 Å². The molecule has 1 N–H and O–H groups in total. The van der Waals surface area contributed by atoms with Crippen LogP contribution in [0.1, 0.15) is 36.8 Å². The van der Waals surface area contributed by atoms with Gasteiger partial charge in [0, 0.05) is 6.20 Å². The molecular formula is C11H17NO3S. The number of nitrogens with zero attached hydrogens (tertiary/aromatic N) is 1. The molecule has 1 aromatic heterocycles. The Morgan fingerprint density at radius 3 is 2.81 bits per heavy atom. The summed E-state index contributed by atoms with van der Waals surface area (Å²) in [6.07, 6.45) is 2.26. The Bertz CT molecular complexity index is 364. The third-order valence-corrected chi connectivity index (χ3v) is 3.72. The number of aryl methyl sites for hydroxylation is 1. The van der Waals surface area contributed by atoms with E-state index in [1.165, 1.54) is 0 Å². The van der Waals surface area contributed by atoms with Gasteiger partial charge >= 0.3 is 0 Å². The number of aliphatic hydroxyl groups is 1. The van der Waals surface area contributed by atoms with E-state index >= 15 is 0 Å². The van der Waals surface area contributed by atoms with E-state index in [9.17, 15) is 5.11 Å². The predicted molar refractivity (Wildman–Crippen MR) is 61.4 cm³/mol. The molecule has 4 nitrogen and oxygen atoms in total. The van der Waals surface area contributed by atoms with E-state index < -0.39 is 5.79 Å². The van der Waals surface area contributed by atoms with Crippen LogP contribution in [0.25, 0.3) is 0 Å². The van der Waals surface area contributed by atoms with Crippen molar-refractivity contribution in [2.45, 2.75) is 45.2 Å². The van der Waals surface area contributed by atoms with Crippen LogP contribution in [0.15, 0.2) is 6.20 Å². The fourth-order valence-electron chi connectivity index (χ4n) is 1.83. The predicted octanol–water partition coefficient (Wildman–Crippen LogP) is 1.89. The summed E-state index contributed by atoms with van der Waals surface area (Å²) in [5.74, 6) is -0.631. The van der Waals surface area contributed by atoms with Crippen molar-refractivity contribution in [2.24, 2.45) is 0 Å². The van der Waals surface area contributed by atoms with Gasteiger partial charge in [-0.2, -0.15) is 0 Å². The topological polar surface area (TPSA) is 51.6 Å². The highest BCUT2D eigenvalue weighted by molar-refractivity contribution is 7.11. The number of thiazole rings is 1. The van der Waals surface area contributed by atoms with Gasteiger partial charge < -0.3 is 14.6 Å². The second-order valence-corrected chi connectivity index (χ2v) is 5.43. The smallest absolute Gasteiger partial charge is 0.164 e. The number of hydrogen-bond donors (Lipinski definition) is 1. The van der Waals surface area contributed by atoms with Gasteiger partial charge in [0.25, 0.3) is 0 Å². The second kappa shape index (κ2) is 4.41. The highest BCUT2D eigenvalue weighted by Crippen LogP contribution is 2.39. The van der Waals surface area contributed by atoms with Crippen LogP contribution in [0.2, 0.25) is 0 Å². The Morgan fingerprint density at radius 2 is 2.25 bits per heavy atom. The minimum Gasteiger partial charge on any atom is -0.394 e. The summed E-state index contributed by atoms with van der Waals surface area (Å²) in [5.41, 5.74) is 0. The van der Waals surface area contributed by atoms with Gasteiger partial charge in [0.1, 0.15) is 12.2 Å². The van der Waals surface area contributed by atoms with Crippen LogP contribution in [-0.4, -0.2) is 28.6 Å². The van der Waals surface area contributed by atoms with Gasteiger partial charge in [0.2, 0.25) is 0 Å². The van der Waals surface area contributed by atoms with Crippen LogP contribution in [0.3, 0.4) is 0 Å². The molecule has 0 amide bonds. The number of hydrogen-bond acceptors (Lipinski definition) is 5. The highest BCUT2D eigenvalue weighted by Gasteiger charge is 2.42. The van der Waals surface area contributed by atoms with Crippen molar-refractivity contribution in [1.29, 1.82) is 0 Å². The Morgan fingerprint density at radius 1 is 1.50 bits per heavy atom. The van der Waals surface area contributed by atoms with Crippen molar-refractivity contribution in [3.05, 3.63) is 16.1 Å². The van der Waals surface area contributed by atoms with Crippen molar-refractivity contribution in [2.75, 3.05) is 6.61 Å². The molecule has 5 heteroatoms. The van der Waals surface area contributed by atoms with Crippen LogP contribution >= 0.6 is 11.3 Å². The van der Waals surface area contributed by atoms with Crippen molar-refractivity contribution < 1.29 is 14.6 Å². The molecular weight excluding hydrogens is 226 g/mol. The van der Waals surface area contributed by atoms with Crippen molar-refractivity contribution in [3.8, 4) is 0 Å². The molecule has 16 heavy (non-hydrogen) atoms. The molecule has 1 aliphatic heterocycles. The first-order valence-electron chi connectivity index (χ1n) is 5.47. The number of rotatable bonds is 3. The second-order valence-electron chi connectivity index (χ2n) is 4.29. The zero-order chi connectivity index (χ0) is 11.8. The minimum atomic E-state index is -0.631. The molecule has 0 spiro atoms. The average molecular weight is 243 g/mol. The molecule has 0 unspecified atom stereocenters. The Balaban J connectivity index is 2.19. The summed E-state index contributed by atoms with van der Waals surface area (Å²) in [6, 6.07) is 0. The van der Waals surface area contributed by atoms with E-state index in [1.807, 2.05) is 20.0 Å². The van der Waals surface area contributed by atoms with Gasteiger partial charge in [0.15, 0.2) is 5.79 Å². The largest absolute Gasteiger partial charge is 0.394 e. The van der Waals surface area contributed by atoms with Gasteiger partial charge in [-0.3, -0.25) is 0 Å². The minimum absolute atomic E-state index is 0.0343. The fraction of sp³-hybridized carbons (Fsp3) is 0.727. The lowest BCUT2D eigenvalue weighted by molar-refractivity contribution is -0.149. The zero-order valence-corrected chi connectivity index (χ0v) is 10.6. The van der Waals surface area contributed by atoms with E-state index in [-0.39, 0.29) is 18.8 Å². The summed E-state index contributed by atoms with van der Waals surface area (Å²) in [4.78, 5) is 5.33. The van der Waals surface area contributed by atoms with Crippen LogP contribution in [0.4, 0.5) is 0 Å². The number of aromatic nitrogens is 1. The maximum absolute atomic E-state index is 9.27. The third kappa shape index (κ3) is 2.27. The van der Waals surface area contributed by atoms with Crippen LogP contribution < -0.4 is 0 Å². The molecule has 0 aliphatic carbocycles. The first kappa shape index (κ1) is 12.0. The summed E-state index contributed by atoms with van der Waals surface area (Å²) < 4.78 is 11.4. The van der Waals surface area contributed by atoms with Gasteiger partial charge in [-0.05, 0) is 20.3 Å². The molecule has 2 rings (SSSR count). The molecule has 0 bridgehead atoms. The van der Waals surface area contributed by atoms with Gasteiger partial charge in [0.05, 0.1) is 16.5 Å². The molecule has 2 heterocycles. The fourth-order valence-corrected chi connectivity index (χ4v) is 2.77. The lowest BCUT2D eigenvalue weighted by atomic mass is 10.2. The van der Waals surface area contributed by atoms with Gasteiger partial charge in [-0.1, -0.05) is 6.92 Å². The van der Waals surface area contributed by atoms with Crippen LogP contribution in [-0.2, 0) is 15.9 Å². The molecule has 1 aromatic rings. The lowest BCUT2D eigenvalue weighted by Gasteiger charge is -2.16. The van der Waals surface area contributed by atoms with E-state index in [0.29, 0.717) is 0 Å². The van der Waals surface area contributed by atoms with Crippen molar-refractivity contribution >= 4 is 11.3 Å². The molecule has 90 valence electrons. The summed E-state index contributed by atoms with van der Waals surface area (Å²) in [7, 11) is 0. The molecule has 2 atom stereocenters. The quantitative estimate of drug-likeness (QED) is 0.880. The Hall–Kier alpha value is -0.490. The average Bonchev–Trinajstić information content (AvgIpc) is 2.81. The van der Waals surface area contributed by atoms with E-state index in [0.717, 1.165) is 16.3 Å². The summed E-state index contributed by atoms with van der Waals surface area (Å²) in [6.45, 7) is 5.75. The van der Waals surface area contributed by atoms with E-state index in [1.54, 1.807) is 11.3 Å². The summed E-state index contributed by atoms with van der Waals surface area (Å²) >= 11 is 1.62. The third-order valence-electron chi connectivity index (χ3n) is 2.52. The number of aliphatic hydroxyl groups excluding tert-OH is 1. The standard InChI is InChI=1S/C11H17NO3S/c1-4-9-12-5-8(16-9)10-7(6-13)14-11(2,3)15-10/h5,7,10,13H,4,6H2,1-3H3/t7-,10+/m0/s1. The highest BCUT2D eigenvalue weighted by atomic mass is 32.1. The SMILES string of the molecule is CCc1ncc([C@@H]2OC(C)(C)O[C@H]2CO)s1. The molecule has 0 saturated carbocycles. The first-order chi connectivity index (χ1) is 7.55.